The molecule has 0 aliphatic carbocycles. The van der Waals surface area contributed by atoms with E-state index in [0.717, 1.165) is 31.4 Å². The third-order valence-electron chi connectivity index (χ3n) is 4.84. The van der Waals surface area contributed by atoms with Crippen LogP contribution < -0.4 is 14.9 Å². The molecular weight excluding hydrogens is 464 g/mol. The zero-order chi connectivity index (χ0) is 21.9. The molecule has 0 amide bonds. The van der Waals surface area contributed by atoms with Crippen LogP contribution in [0.5, 0.6) is 5.75 Å². The van der Waals surface area contributed by atoms with E-state index in [4.69, 9.17) is 4.74 Å². The van der Waals surface area contributed by atoms with Gasteiger partial charge < -0.3 is 24.5 Å². The first kappa shape index (κ1) is 30.8. The molecule has 0 spiro atoms. The van der Waals surface area contributed by atoms with E-state index in [2.05, 4.69) is 13.8 Å². The Morgan fingerprint density at radius 2 is 1.37 bits per heavy atom. The summed E-state index contributed by atoms with van der Waals surface area (Å²) in [4.78, 5) is 20.9. The van der Waals surface area contributed by atoms with Crippen LogP contribution in [0.1, 0.15) is 102 Å². The Balaban J connectivity index is 0. The molecule has 0 saturated heterocycles. The number of benzene rings is 1. The van der Waals surface area contributed by atoms with Crippen molar-refractivity contribution < 1.29 is 45.6 Å². The average Bonchev–Trinajstić information content (AvgIpc) is 2.71. The normalized spacial score (nSPS) is 10.9. The maximum atomic E-state index is 10.6. The molecule has 5 nitrogen and oxygen atoms in total. The van der Waals surface area contributed by atoms with E-state index in [9.17, 15) is 19.8 Å². The Morgan fingerprint density at radius 1 is 0.833 bits per heavy atom. The molecular formula is C24H38MoO5. The Labute approximate surface area is 196 Å². The molecule has 0 radical (unpaired) electrons. The molecule has 1 aromatic carbocycles. The van der Waals surface area contributed by atoms with E-state index < -0.39 is 11.9 Å². The van der Waals surface area contributed by atoms with Gasteiger partial charge in [0.2, 0.25) is 0 Å². The second-order valence-electron chi connectivity index (χ2n) is 7.35. The smallest absolute Gasteiger partial charge is 0.550 e. The molecule has 170 valence electrons. The number of carbonyl (C=O) groups excluding carboxylic acids is 2. The molecule has 1 aromatic rings. The zero-order valence-electron chi connectivity index (χ0n) is 18.8. The molecule has 1 atom stereocenters. The zero-order valence-corrected chi connectivity index (χ0v) is 20.8. The second-order valence-corrected chi connectivity index (χ2v) is 7.35. The fourth-order valence-corrected chi connectivity index (χ4v) is 2.88. The molecule has 0 bridgehead atoms. The minimum atomic E-state index is -1.15. The van der Waals surface area contributed by atoms with Gasteiger partial charge in [0, 0.05) is 5.97 Å². The molecule has 0 fully saturated rings. The van der Waals surface area contributed by atoms with Gasteiger partial charge in [0.15, 0.2) is 0 Å². The molecule has 0 saturated carbocycles. The van der Waals surface area contributed by atoms with Crippen molar-refractivity contribution in [1.82, 2.24) is 0 Å². The molecule has 0 N–H and O–H groups in total. The Kier molecular flexibility index (Phi) is 21.5. The Bertz CT molecular complexity index is 545. The number of carboxylic acid groups (broad SMARTS) is 2. The van der Waals surface area contributed by atoms with E-state index in [0.29, 0.717) is 13.0 Å². The number of hydrogen-bond acceptors (Lipinski definition) is 5. The summed E-state index contributed by atoms with van der Waals surface area (Å²) in [6.45, 7) is 6.86. The molecule has 1 unspecified atom stereocenters. The number of hydrogen-bond donors (Lipinski definition) is 0. The van der Waals surface area contributed by atoms with Gasteiger partial charge in [-0.05, 0) is 55.0 Å². The first-order valence-electron chi connectivity index (χ1n) is 11.1. The van der Waals surface area contributed by atoms with Crippen molar-refractivity contribution in [3.05, 3.63) is 29.8 Å². The van der Waals surface area contributed by atoms with Crippen LogP contribution in [0.15, 0.2) is 24.3 Å². The molecule has 0 aromatic heterocycles. The largest absolute Gasteiger partial charge is 2.00 e. The first-order chi connectivity index (χ1) is 14.0. The standard InChI is InChI=1S/C16H24O3.C8H16O2.Mo/c1-2-3-4-5-6-7-8-13-19-15-11-9-14(10-12-15)16(17)18;1-3-5-6-7(4-2)8(9)10;/h9-12H,2-8,13H2,1H3,(H,17,18);7H,3-6H2,1-2H3,(H,9,10);/q;;+2/p-2. The number of ether oxygens (including phenoxy) is 1. The van der Waals surface area contributed by atoms with Gasteiger partial charge in [-0.1, -0.05) is 72.1 Å². The number of carboxylic acids is 2. The SMILES string of the molecule is CCCCC(CC)C(=O)[O-].CCCCCCCCCOc1ccc(C(=O)[O-])cc1.[Mo+2]. The van der Waals surface area contributed by atoms with Crippen LogP contribution in [0.2, 0.25) is 0 Å². The summed E-state index contributed by atoms with van der Waals surface area (Å²) in [5.41, 5.74) is 0.184. The quantitative estimate of drug-likeness (QED) is 0.266. The maximum Gasteiger partial charge on any atom is 2.00 e. The average molecular weight is 503 g/mol. The van der Waals surface area contributed by atoms with Crippen LogP contribution in [0.25, 0.3) is 0 Å². The molecule has 0 heterocycles. The van der Waals surface area contributed by atoms with E-state index >= 15 is 0 Å². The van der Waals surface area contributed by atoms with Gasteiger partial charge in [0.1, 0.15) is 5.75 Å². The van der Waals surface area contributed by atoms with E-state index in [1.54, 1.807) is 12.1 Å². The van der Waals surface area contributed by atoms with Crippen LogP contribution in [-0.2, 0) is 25.9 Å². The van der Waals surface area contributed by atoms with Crippen molar-refractivity contribution in [2.24, 2.45) is 5.92 Å². The molecule has 6 heteroatoms. The third kappa shape index (κ3) is 16.4. The van der Waals surface area contributed by atoms with Gasteiger partial charge in [0.05, 0.1) is 12.6 Å². The summed E-state index contributed by atoms with van der Waals surface area (Å²) in [5, 5.41) is 20.9. The van der Waals surface area contributed by atoms with Crippen LogP contribution in [0.4, 0.5) is 0 Å². The maximum absolute atomic E-state index is 10.6. The van der Waals surface area contributed by atoms with E-state index in [1.165, 1.54) is 50.7 Å². The minimum Gasteiger partial charge on any atom is -0.550 e. The van der Waals surface area contributed by atoms with E-state index in [-0.39, 0.29) is 32.5 Å². The van der Waals surface area contributed by atoms with Crippen molar-refractivity contribution >= 4 is 11.9 Å². The van der Waals surface area contributed by atoms with Crippen LogP contribution in [-0.4, -0.2) is 18.5 Å². The fourth-order valence-electron chi connectivity index (χ4n) is 2.88. The summed E-state index contributed by atoms with van der Waals surface area (Å²) in [6, 6.07) is 6.36. The number of carbonyl (C=O) groups is 2. The van der Waals surface area contributed by atoms with Crippen LogP contribution in [0, 0.1) is 5.92 Å². The van der Waals surface area contributed by atoms with Crippen molar-refractivity contribution in [2.45, 2.75) is 91.4 Å². The van der Waals surface area contributed by atoms with Crippen molar-refractivity contribution in [3.8, 4) is 5.75 Å². The van der Waals surface area contributed by atoms with Crippen molar-refractivity contribution in [2.75, 3.05) is 6.61 Å². The molecule has 30 heavy (non-hydrogen) atoms. The second kappa shape index (κ2) is 20.9. The first-order valence-corrected chi connectivity index (χ1v) is 11.1. The minimum absolute atomic E-state index is 0. The topological polar surface area (TPSA) is 89.5 Å². The van der Waals surface area contributed by atoms with Gasteiger partial charge >= 0.3 is 21.1 Å². The Morgan fingerprint density at radius 3 is 1.83 bits per heavy atom. The molecule has 0 aliphatic rings. The number of unbranched alkanes of at least 4 members (excludes halogenated alkanes) is 7. The molecule has 1 rings (SSSR count). The fraction of sp³-hybridized carbons (Fsp3) is 0.667. The number of aromatic carboxylic acids is 1. The summed E-state index contributed by atoms with van der Waals surface area (Å²) in [6.07, 6.45) is 12.3. The van der Waals surface area contributed by atoms with Gasteiger partial charge in [0.25, 0.3) is 0 Å². The molecule has 0 aliphatic heterocycles. The predicted molar refractivity (Wildman–Crippen MR) is 113 cm³/mol. The summed E-state index contributed by atoms with van der Waals surface area (Å²) in [5.74, 6) is -1.55. The monoisotopic (exact) mass is 504 g/mol. The summed E-state index contributed by atoms with van der Waals surface area (Å²) in [7, 11) is 0. The third-order valence-corrected chi connectivity index (χ3v) is 4.84. The predicted octanol–water partition coefficient (Wildman–Crippen LogP) is 4.13. The summed E-state index contributed by atoms with van der Waals surface area (Å²) >= 11 is 0. The van der Waals surface area contributed by atoms with E-state index in [1.807, 2.05) is 6.92 Å². The van der Waals surface area contributed by atoms with Gasteiger partial charge in [-0.25, -0.2) is 0 Å². The van der Waals surface area contributed by atoms with Crippen molar-refractivity contribution in [3.63, 3.8) is 0 Å². The number of rotatable bonds is 15. The van der Waals surface area contributed by atoms with Gasteiger partial charge in [-0.2, -0.15) is 0 Å². The van der Waals surface area contributed by atoms with Crippen molar-refractivity contribution in [1.29, 1.82) is 0 Å². The van der Waals surface area contributed by atoms with Crippen LogP contribution >= 0.6 is 0 Å². The van der Waals surface area contributed by atoms with Gasteiger partial charge in [-0.15, -0.1) is 0 Å². The van der Waals surface area contributed by atoms with Gasteiger partial charge in [-0.3, -0.25) is 0 Å². The van der Waals surface area contributed by atoms with Crippen LogP contribution in [0.3, 0.4) is 0 Å². The summed E-state index contributed by atoms with van der Waals surface area (Å²) < 4.78 is 5.56. The number of aliphatic carboxylic acids is 1. The Hall–Kier alpha value is -1.35.